The fourth-order valence-corrected chi connectivity index (χ4v) is 2.91. The summed E-state index contributed by atoms with van der Waals surface area (Å²) in [6.07, 6.45) is 3.25. The zero-order valence-electron chi connectivity index (χ0n) is 10.1. The maximum absolute atomic E-state index is 12.0. The molecule has 3 rings (SSSR count). The Morgan fingerprint density at radius 3 is 2.67 bits per heavy atom. The largest absolute Gasteiger partial charge is 0.325 e. The Balaban J connectivity index is 1.85. The number of para-hydroxylation sites is 1. The molecule has 2 nitrogen and oxygen atoms in total. The van der Waals surface area contributed by atoms with Crippen LogP contribution in [0.4, 0.5) is 5.69 Å². The Morgan fingerprint density at radius 1 is 1.17 bits per heavy atom. The molecule has 1 heterocycles. The first-order chi connectivity index (χ1) is 8.84. The molecular formula is C15H15NOS. The molecule has 18 heavy (non-hydrogen) atoms. The number of thiophene rings is 1. The molecule has 1 aromatic heterocycles. The van der Waals surface area contributed by atoms with Gasteiger partial charge in [-0.25, -0.2) is 0 Å². The summed E-state index contributed by atoms with van der Waals surface area (Å²) in [4.78, 5) is 13.2. The van der Waals surface area contributed by atoms with Crippen molar-refractivity contribution >= 4 is 22.9 Å². The SMILES string of the molecule is O=C(Nc1ccccc1-c1cccs1)C1CCC1. The van der Waals surface area contributed by atoms with Crippen LogP contribution in [0.1, 0.15) is 19.3 Å². The van der Waals surface area contributed by atoms with Crippen molar-refractivity contribution in [1.82, 2.24) is 0 Å². The van der Waals surface area contributed by atoms with Gasteiger partial charge in [-0.1, -0.05) is 30.7 Å². The van der Waals surface area contributed by atoms with E-state index in [0.29, 0.717) is 0 Å². The maximum atomic E-state index is 12.0. The molecule has 0 spiro atoms. The van der Waals surface area contributed by atoms with Gasteiger partial charge in [0.25, 0.3) is 0 Å². The second-order valence-corrected chi connectivity index (χ2v) is 5.59. The van der Waals surface area contributed by atoms with Crippen molar-refractivity contribution in [3.63, 3.8) is 0 Å². The number of amides is 1. The molecular weight excluding hydrogens is 242 g/mol. The Bertz CT molecular complexity index is 543. The van der Waals surface area contributed by atoms with Crippen molar-refractivity contribution < 1.29 is 4.79 Å². The van der Waals surface area contributed by atoms with Crippen LogP contribution in [0, 0.1) is 5.92 Å². The third-order valence-electron chi connectivity index (χ3n) is 3.45. The first kappa shape index (κ1) is 11.5. The smallest absolute Gasteiger partial charge is 0.227 e. The highest BCUT2D eigenvalue weighted by Gasteiger charge is 2.25. The van der Waals surface area contributed by atoms with Crippen LogP contribution in [-0.4, -0.2) is 5.91 Å². The van der Waals surface area contributed by atoms with Crippen LogP contribution in [0.5, 0.6) is 0 Å². The molecule has 92 valence electrons. The maximum Gasteiger partial charge on any atom is 0.227 e. The van der Waals surface area contributed by atoms with E-state index in [0.717, 1.165) is 24.1 Å². The molecule has 1 aliphatic carbocycles. The highest BCUT2D eigenvalue weighted by atomic mass is 32.1. The van der Waals surface area contributed by atoms with E-state index in [-0.39, 0.29) is 11.8 Å². The molecule has 3 heteroatoms. The van der Waals surface area contributed by atoms with E-state index < -0.39 is 0 Å². The van der Waals surface area contributed by atoms with E-state index in [2.05, 4.69) is 22.8 Å². The number of hydrogen-bond donors (Lipinski definition) is 1. The zero-order valence-corrected chi connectivity index (χ0v) is 10.9. The third-order valence-corrected chi connectivity index (χ3v) is 4.35. The standard InChI is InChI=1S/C15H15NOS/c17-15(11-5-3-6-11)16-13-8-2-1-7-12(13)14-9-4-10-18-14/h1-2,4,7-11H,3,5-6H2,(H,16,17). The predicted molar refractivity (Wildman–Crippen MR) is 75.7 cm³/mol. The number of benzene rings is 1. The van der Waals surface area contributed by atoms with Crippen LogP contribution < -0.4 is 5.32 Å². The van der Waals surface area contributed by atoms with Crippen LogP contribution in [0.2, 0.25) is 0 Å². The van der Waals surface area contributed by atoms with E-state index in [1.807, 2.05) is 24.3 Å². The van der Waals surface area contributed by atoms with Crippen molar-refractivity contribution in [2.75, 3.05) is 5.32 Å². The molecule has 0 radical (unpaired) electrons. The summed E-state index contributed by atoms with van der Waals surface area (Å²) in [6.45, 7) is 0. The molecule has 0 saturated heterocycles. The van der Waals surface area contributed by atoms with E-state index >= 15 is 0 Å². The van der Waals surface area contributed by atoms with Crippen molar-refractivity contribution in [3.05, 3.63) is 41.8 Å². The van der Waals surface area contributed by atoms with Crippen LogP contribution >= 0.6 is 11.3 Å². The average molecular weight is 257 g/mol. The van der Waals surface area contributed by atoms with Gasteiger partial charge in [0.15, 0.2) is 0 Å². The molecule has 1 aromatic carbocycles. The quantitative estimate of drug-likeness (QED) is 0.879. The fourth-order valence-electron chi connectivity index (χ4n) is 2.14. The summed E-state index contributed by atoms with van der Waals surface area (Å²) < 4.78 is 0. The normalized spacial score (nSPS) is 15.1. The molecule has 2 aromatic rings. The fraction of sp³-hybridized carbons (Fsp3) is 0.267. The highest BCUT2D eigenvalue weighted by molar-refractivity contribution is 7.13. The van der Waals surface area contributed by atoms with E-state index in [4.69, 9.17) is 0 Å². The number of rotatable bonds is 3. The Morgan fingerprint density at radius 2 is 2.00 bits per heavy atom. The average Bonchev–Trinajstić information content (AvgIpc) is 2.80. The molecule has 1 amide bonds. The molecule has 0 atom stereocenters. The lowest BCUT2D eigenvalue weighted by Gasteiger charge is -2.24. The number of anilines is 1. The molecule has 0 aliphatic heterocycles. The van der Waals surface area contributed by atoms with Gasteiger partial charge in [-0.2, -0.15) is 0 Å². The minimum absolute atomic E-state index is 0.172. The summed E-state index contributed by atoms with van der Waals surface area (Å²) in [5, 5.41) is 5.12. The van der Waals surface area contributed by atoms with Gasteiger partial charge < -0.3 is 5.32 Å². The van der Waals surface area contributed by atoms with Gasteiger partial charge >= 0.3 is 0 Å². The lowest BCUT2D eigenvalue weighted by atomic mass is 9.85. The monoisotopic (exact) mass is 257 g/mol. The summed E-state index contributed by atoms with van der Waals surface area (Å²) in [6, 6.07) is 12.1. The summed E-state index contributed by atoms with van der Waals surface area (Å²) in [5.41, 5.74) is 2.04. The number of carbonyl (C=O) groups excluding carboxylic acids is 1. The Hall–Kier alpha value is -1.61. The number of hydrogen-bond acceptors (Lipinski definition) is 2. The molecule has 1 aliphatic rings. The van der Waals surface area contributed by atoms with Gasteiger partial charge in [0.2, 0.25) is 5.91 Å². The van der Waals surface area contributed by atoms with E-state index in [1.165, 1.54) is 11.3 Å². The van der Waals surface area contributed by atoms with Crippen LogP contribution in [-0.2, 0) is 4.79 Å². The molecule has 1 N–H and O–H groups in total. The minimum Gasteiger partial charge on any atom is -0.325 e. The predicted octanol–water partition coefficient (Wildman–Crippen LogP) is 4.15. The third kappa shape index (κ3) is 2.18. The Kier molecular flexibility index (Phi) is 3.15. The van der Waals surface area contributed by atoms with E-state index in [1.54, 1.807) is 11.3 Å². The lowest BCUT2D eigenvalue weighted by molar-refractivity contribution is -0.122. The van der Waals surface area contributed by atoms with Crippen LogP contribution in [0.3, 0.4) is 0 Å². The van der Waals surface area contributed by atoms with Gasteiger partial charge in [0.1, 0.15) is 0 Å². The zero-order chi connectivity index (χ0) is 12.4. The van der Waals surface area contributed by atoms with Gasteiger partial charge in [-0.05, 0) is 30.4 Å². The second-order valence-electron chi connectivity index (χ2n) is 4.64. The first-order valence-corrected chi connectivity index (χ1v) is 7.16. The topological polar surface area (TPSA) is 29.1 Å². The molecule has 0 unspecified atom stereocenters. The van der Waals surface area contributed by atoms with E-state index in [9.17, 15) is 4.79 Å². The molecule has 1 saturated carbocycles. The van der Waals surface area contributed by atoms with Gasteiger partial charge in [0, 0.05) is 22.0 Å². The highest BCUT2D eigenvalue weighted by Crippen LogP contribution is 2.33. The van der Waals surface area contributed by atoms with Crippen molar-refractivity contribution in [2.45, 2.75) is 19.3 Å². The minimum atomic E-state index is 0.172. The van der Waals surface area contributed by atoms with Gasteiger partial charge in [-0.15, -0.1) is 11.3 Å². The second kappa shape index (κ2) is 4.94. The van der Waals surface area contributed by atoms with Crippen molar-refractivity contribution in [2.24, 2.45) is 5.92 Å². The van der Waals surface area contributed by atoms with Crippen molar-refractivity contribution in [3.8, 4) is 10.4 Å². The molecule has 0 bridgehead atoms. The number of nitrogens with one attached hydrogen (secondary N) is 1. The summed E-state index contributed by atoms with van der Waals surface area (Å²) in [5.74, 6) is 0.395. The van der Waals surface area contributed by atoms with Crippen LogP contribution in [0.15, 0.2) is 41.8 Å². The first-order valence-electron chi connectivity index (χ1n) is 6.28. The van der Waals surface area contributed by atoms with Crippen molar-refractivity contribution in [1.29, 1.82) is 0 Å². The molecule has 1 fully saturated rings. The lowest BCUT2D eigenvalue weighted by Crippen LogP contribution is -2.28. The summed E-state index contributed by atoms with van der Waals surface area (Å²) in [7, 11) is 0. The van der Waals surface area contributed by atoms with Crippen LogP contribution in [0.25, 0.3) is 10.4 Å². The number of carbonyl (C=O) groups is 1. The Labute approximate surface area is 111 Å². The van der Waals surface area contributed by atoms with Gasteiger partial charge in [0.05, 0.1) is 0 Å². The van der Waals surface area contributed by atoms with Gasteiger partial charge in [-0.3, -0.25) is 4.79 Å². The summed E-state index contributed by atoms with van der Waals surface area (Å²) >= 11 is 1.69.